The lowest BCUT2D eigenvalue weighted by atomic mass is 10.0. The summed E-state index contributed by atoms with van der Waals surface area (Å²) in [6, 6.07) is 3.89. The summed E-state index contributed by atoms with van der Waals surface area (Å²) < 4.78 is 6.93. The molecule has 5 rings (SSSR count). The summed E-state index contributed by atoms with van der Waals surface area (Å²) in [4.78, 5) is 27.4. The van der Waals surface area contributed by atoms with Gasteiger partial charge < -0.3 is 9.40 Å². The average molecular weight is 353 g/mol. The number of hydrogen-bond acceptors (Lipinski definition) is 5. The summed E-state index contributed by atoms with van der Waals surface area (Å²) in [7, 11) is 0. The Morgan fingerprint density at radius 2 is 2.15 bits per heavy atom. The van der Waals surface area contributed by atoms with Crippen LogP contribution in [0.25, 0.3) is 11.2 Å². The van der Waals surface area contributed by atoms with Crippen LogP contribution < -0.4 is 5.76 Å². The van der Waals surface area contributed by atoms with E-state index >= 15 is 0 Å². The number of imidazole rings is 1. The van der Waals surface area contributed by atoms with Crippen molar-refractivity contribution in [1.29, 1.82) is 0 Å². The number of H-pyrrole nitrogens is 1. The minimum atomic E-state index is -0.331. The molecule has 0 unspecified atom stereocenters. The number of hydrogen-bond donors (Lipinski definition) is 1. The van der Waals surface area contributed by atoms with Gasteiger partial charge in [-0.2, -0.15) is 0 Å². The molecule has 1 aliphatic carbocycles. The fourth-order valence-electron chi connectivity index (χ4n) is 4.36. The minimum absolute atomic E-state index is 0.322. The maximum atomic E-state index is 12.1. The van der Waals surface area contributed by atoms with Crippen LogP contribution in [0.1, 0.15) is 48.9 Å². The summed E-state index contributed by atoms with van der Waals surface area (Å²) in [5, 5.41) is 0. The van der Waals surface area contributed by atoms with E-state index in [1.807, 2.05) is 0 Å². The number of aromatic amines is 1. The van der Waals surface area contributed by atoms with Crippen molar-refractivity contribution in [3.05, 3.63) is 46.1 Å². The molecule has 2 aliphatic rings. The van der Waals surface area contributed by atoms with Crippen LogP contribution in [-0.4, -0.2) is 37.5 Å². The van der Waals surface area contributed by atoms with Crippen molar-refractivity contribution >= 4 is 11.2 Å². The van der Waals surface area contributed by atoms with Crippen LogP contribution in [0.5, 0.6) is 0 Å². The van der Waals surface area contributed by atoms with Gasteiger partial charge in [-0.3, -0.25) is 9.47 Å². The predicted molar refractivity (Wildman–Crippen MR) is 97.0 cm³/mol. The van der Waals surface area contributed by atoms with Gasteiger partial charge in [-0.05, 0) is 57.2 Å². The van der Waals surface area contributed by atoms with Crippen molar-refractivity contribution in [2.75, 3.05) is 13.1 Å². The van der Waals surface area contributed by atoms with E-state index in [9.17, 15) is 4.79 Å². The zero-order valence-corrected chi connectivity index (χ0v) is 14.8. The molecule has 4 heterocycles. The van der Waals surface area contributed by atoms with Crippen molar-refractivity contribution in [1.82, 2.24) is 24.4 Å². The Morgan fingerprint density at radius 1 is 1.23 bits per heavy atom. The number of aromatic nitrogens is 4. The molecule has 0 bridgehead atoms. The largest absolute Gasteiger partial charge is 0.421 e. The Labute approximate surface area is 151 Å². The van der Waals surface area contributed by atoms with Gasteiger partial charge >= 0.3 is 5.76 Å². The van der Waals surface area contributed by atoms with Gasteiger partial charge in [0.1, 0.15) is 5.82 Å². The third-order valence-corrected chi connectivity index (χ3v) is 5.69. The molecule has 136 valence electrons. The Bertz CT molecular complexity index is 962. The Morgan fingerprint density at radius 3 is 3.08 bits per heavy atom. The second kappa shape index (κ2) is 6.39. The normalized spacial score (nSPS) is 20.7. The molecule has 1 N–H and O–H groups in total. The van der Waals surface area contributed by atoms with Crippen molar-refractivity contribution in [3.63, 3.8) is 0 Å². The number of likely N-dealkylation sites (tertiary alicyclic amines) is 1. The second-order valence-electron chi connectivity index (χ2n) is 7.29. The van der Waals surface area contributed by atoms with Crippen LogP contribution in [0.2, 0.25) is 0 Å². The molecular formula is C19H23N5O2. The van der Waals surface area contributed by atoms with E-state index in [0.29, 0.717) is 23.8 Å². The van der Waals surface area contributed by atoms with Crippen LogP contribution in [0.15, 0.2) is 27.5 Å². The maximum Gasteiger partial charge on any atom is 0.421 e. The number of pyridine rings is 1. The smallest absolute Gasteiger partial charge is 0.406 e. The zero-order valence-electron chi connectivity index (χ0n) is 14.8. The zero-order chi connectivity index (χ0) is 17.5. The molecule has 0 radical (unpaired) electrons. The molecule has 3 aromatic rings. The highest BCUT2D eigenvalue weighted by atomic mass is 16.4. The SMILES string of the molecule is O=c1oc2cccnc2n1CCN1CCC[C@H]1c1nc2c([nH]1)CCCC2. The monoisotopic (exact) mass is 353 g/mol. The molecule has 7 nitrogen and oxygen atoms in total. The summed E-state index contributed by atoms with van der Waals surface area (Å²) in [5.74, 6) is 0.778. The molecule has 0 aromatic carbocycles. The summed E-state index contributed by atoms with van der Waals surface area (Å²) in [5.41, 5.74) is 3.77. The summed E-state index contributed by atoms with van der Waals surface area (Å²) in [6.45, 7) is 2.41. The van der Waals surface area contributed by atoms with Crippen LogP contribution in [0.3, 0.4) is 0 Å². The number of nitrogens with zero attached hydrogens (tertiary/aromatic N) is 4. The number of oxazole rings is 1. The van der Waals surface area contributed by atoms with E-state index in [0.717, 1.165) is 44.6 Å². The molecule has 3 aromatic heterocycles. The van der Waals surface area contributed by atoms with Crippen molar-refractivity contribution in [3.8, 4) is 0 Å². The van der Waals surface area contributed by atoms with E-state index < -0.39 is 0 Å². The first-order chi connectivity index (χ1) is 12.8. The number of aryl methyl sites for hydroxylation is 2. The highest BCUT2D eigenvalue weighted by molar-refractivity contribution is 5.67. The maximum absolute atomic E-state index is 12.1. The first-order valence-electron chi connectivity index (χ1n) is 9.55. The summed E-state index contributed by atoms with van der Waals surface area (Å²) in [6.07, 6.45) is 8.69. The lowest BCUT2D eigenvalue weighted by molar-refractivity contribution is 0.237. The van der Waals surface area contributed by atoms with Gasteiger partial charge in [0.15, 0.2) is 11.2 Å². The highest BCUT2D eigenvalue weighted by Crippen LogP contribution is 2.32. The van der Waals surface area contributed by atoms with Crippen molar-refractivity contribution < 1.29 is 4.42 Å². The Hall–Kier alpha value is -2.41. The molecule has 7 heteroatoms. The van der Waals surface area contributed by atoms with Gasteiger partial charge in [0.25, 0.3) is 0 Å². The predicted octanol–water partition coefficient (Wildman–Crippen LogP) is 2.43. The molecule has 0 amide bonds. The van der Waals surface area contributed by atoms with Gasteiger partial charge in [0.05, 0.1) is 11.7 Å². The van der Waals surface area contributed by atoms with Gasteiger partial charge in [-0.15, -0.1) is 0 Å². The van der Waals surface area contributed by atoms with Crippen LogP contribution >= 0.6 is 0 Å². The van der Waals surface area contributed by atoms with Gasteiger partial charge in [0, 0.05) is 25.0 Å². The standard InChI is InChI=1S/C19H23N5O2/c25-19-24(18-16(26-19)8-3-9-20-18)12-11-23-10-4-7-15(23)17-21-13-5-1-2-6-14(13)22-17/h3,8-9,15H,1-2,4-7,10-12H2,(H,21,22)/t15-/m0/s1. The van der Waals surface area contributed by atoms with Gasteiger partial charge in [0.2, 0.25) is 0 Å². The second-order valence-corrected chi connectivity index (χ2v) is 7.29. The van der Waals surface area contributed by atoms with E-state index in [4.69, 9.17) is 9.40 Å². The molecule has 1 fully saturated rings. The van der Waals surface area contributed by atoms with E-state index in [2.05, 4.69) is 14.9 Å². The number of fused-ring (bicyclic) bond motifs is 2. The molecule has 26 heavy (non-hydrogen) atoms. The average Bonchev–Trinajstić information content (AvgIpc) is 3.35. The number of rotatable bonds is 4. The molecule has 1 aliphatic heterocycles. The van der Waals surface area contributed by atoms with E-state index in [1.165, 1.54) is 24.2 Å². The highest BCUT2D eigenvalue weighted by Gasteiger charge is 2.29. The quantitative estimate of drug-likeness (QED) is 0.779. The lowest BCUT2D eigenvalue weighted by Gasteiger charge is -2.22. The molecule has 1 saturated heterocycles. The number of nitrogens with one attached hydrogen (secondary N) is 1. The van der Waals surface area contributed by atoms with Gasteiger partial charge in [-0.1, -0.05) is 0 Å². The third-order valence-electron chi connectivity index (χ3n) is 5.69. The Kier molecular flexibility index (Phi) is 3.89. The van der Waals surface area contributed by atoms with Crippen molar-refractivity contribution in [2.24, 2.45) is 0 Å². The Balaban J connectivity index is 1.35. The molecule has 0 spiro atoms. The minimum Gasteiger partial charge on any atom is -0.406 e. The van der Waals surface area contributed by atoms with Gasteiger partial charge in [-0.25, -0.2) is 14.8 Å². The molecule has 1 atom stereocenters. The van der Waals surface area contributed by atoms with Crippen LogP contribution in [0.4, 0.5) is 0 Å². The molecule has 0 saturated carbocycles. The first-order valence-corrected chi connectivity index (χ1v) is 9.55. The fourth-order valence-corrected chi connectivity index (χ4v) is 4.36. The summed E-state index contributed by atoms with van der Waals surface area (Å²) >= 11 is 0. The van der Waals surface area contributed by atoms with Crippen LogP contribution in [0, 0.1) is 0 Å². The lowest BCUT2D eigenvalue weighted by Crippen LogP contribution is -2.30. The first kappa shape index (κ1) is 15.8. The third kappa shape index (κ3) is 2.67. The topological polar surface area (TPSA) is 79.9 Å². The molecular weight excluding hydrogens is 330 g/mol. The van der Waals surface area contributed by atoms with E-state index in [-0.39, 0.29) is 5.76 Å². The fraction of sp³-hybridized carbons (Fsp3) is 0.526. The van der Waals surface area contributed by atoms with Crippen LogP contribution in [-0.2, 0) is 19.4 Å². The van der Waals surface area contributed by atoms with Crippen molar-refractivity contribution in [2.45, 2.75) is 51.1 Å². The van der Waals surface area contributed by atoms with E-state index in [1.54, 1.807) is 22.9 Å².